The van der Waals surface area contributed by atoms with E-state index in [0.717, 1.165) is 17.7 Å². The molecule has 142 valence electrons. The van der Waals surface area contributed by atoms with Crippen molar-refractivity contribution in [2.75, 3.05) is 11.4 Å². The van der Waals surface area contributed by atoms with Crippen molar-refractivity contribution in [3.8, 4) is 0 Å². The highest BCUT2D eigenvalue weighted by molar-refractivity contribution is 6.32. The molecular formula is C19H12ClF3N4O. The van der Waals surface area contributed by atoms with Crippen molar-refractivity contribution in [2.45, 2.75) is 6.18 Å². The van der Waals surface area contributed by atoms with Crippen LogP contribution in [0, 0.1) is 0 Å². The van der Waals surface area contributed by atoms with Crippen molar-refractivity contribution >= 4 is 34.5 Å². The number of amides is 1. The van der Waals surface area contributed by atoms with E-state index in [1.807, 2.05) is 0 Å². The highest BCUT2D eigenvalue weighted by Crippen LogP contribution is 2.36. The Morgan fingerprint density at radius 1 is 1.00 bits per heavy atom. The van der Waals surface area contributed by atoms with Gasteiger partial charge in [-0.05, 0) is 42.0 Å². The van der Waals surface area contributed by atoms with Crippen LogP contribution in [0.25, 0.3) is 11.3 Å². The fraction of sp³-hybridized carbons (Fsp3) is 0.105. The molecule has 0 atom stereocenters. The zero-order valence-corrected chi connectivity index (χ0v) is 14.9. The number of anilines is 1. The summed E-state index contributed by atoms with van der Waals surface area (Å²) in [6, 6.07) is 11.4. The number of alkyl halides is 3. The average Bonchev–Trinajstić information content (AvgIpc) is 3.29. The van der Waals surface area contributed by atoms with E-state index in [9.17, 15) is 18.0 Å². The molecule has 0 bridgehead atoms. The van der Waals surface area contributed by atoms with Crippen LogP contribution in [-0.2, 0) is 11.0 Å². The lowest BCUT2D eigenvalue weighted by Gasteiger charge is -2.18. The maximum absolute atomic E-state index is 13.1. The van der Waals surface area contributed by atoms with E-state index >= 15 is 0 Å². The first-order valence-corrected chi connectivity index (χ1v) is 8.55. The summed E-state index contributed by atoms with van der Waals surface area (Å²) in [5.41, 5.74) is 1.31. The molecule has 0 fully saturated rings. The van der Waals surface area contributed by atoms with Gasteiger partial charge in [-0.15, -0.1) is 0 Å². The van der Waals surface area contributed by atoms with Gasteiger partial charge in [-0.1, -0.05) is 23.7 Å². The Balaban J connectivity index is 1.74. The Bertz CT molecular complexity index is 1040. The Kier molecular flexibility index (Phi) is 4.43. The molecule has 4 rings (SSSR count). The lowest BCUT2D eigenvalue weighted by molar-refractivity contribution is -0.137. The summed E-state index contributed by atoms with van der Waals surface area (Å²) in [7, 11) is 0. The number of benzene rings is 2. The molecule has 2 heterocycles. The third-order valence-electron chi connectivity index (χ3n) is 4.40. The lowest BCUT2D eigenvalue weighted by atomic mass is 10.1. The van der Waals surface area contributed by atoms with Gasteiger partial charge in [0.05, 0.1) is 12.1 Å². The standard InChI is InChI=1S/C19H12ClF3N4O/c20-14-5-1-12(2-6-14)16-9-26(18(28)17(16)27-11-24-10-25-27)15-7-3-13(4-8-15)19(21,22)23/h1-8,10-11H,9H2. The summed E-state index contributed by atoms with van der Waals surface area (Å²) in [5, 5.41) is 4.59. The molecule has 0 saturated carbocycles. The highest BCUT2D eigenvalue weighted by Gasteiger charge is 2.35. The van der Waals surface area contributed by atoms with Gasteiger partial charge in [0.2, 0.25) is 0 Å². The summed E-state index contributed by atoms with van der Waals surface area (Å²) in [6.07, 6.45) is -1.73. The highest BCUT2D eigenvalue weighted by atomic mass is 35.5. The number of halogens is 4. The fourth-order valence-electron chi connectivity index (χ4n) is 3.04. The van der Waals surface area contributed by atoms with Crippen LogP contribution in [0.1, 0.15) is 11.1 Å². The molecule has 9 heteroatoms. The minimum atomic E-state index is -4.44. The average molecular weight is 405 g/mol. The van der Waals surface area contributed by atoms with Crippen LogP contribution in [-0.4, -0.2) is 27.2 Å². The molecule has 0 radical (unpaired) electrons. The minimum Gasteiger partial charge on any atom is -0.302 e. The van der Waals surface area contributed by atoms with Crippen LogP contribution in [0.4, 0.5) is 18.9 Å². The summed E-state index contributed by atoms with van der Waals surface area (Å²) in [5.74, 6) is -0.379. The van der Waals surface area contributed by atoms with Crippen LogP contribution in [0.5, 0.6) is 0 Å². The zero-order valence-electron chi connectivity index (χ0n) is 14.2. The number of hydrogen-bond donors (Lipinski definition) is 0. The Hall–Kier alpha value is -3.13. The molecule has 1 amide bonds. The second-order valence-electron chi connectivity index (χ2n) is 6.11. The first-order valence-electron chi connectivity index (χ1n) is 8.18. The van der Waals surface area contributed by atoms with Gasteiger partial charge in [-0.2, -0.15) is 18.3 Å². The molecular weight excluding hydrogens is 393 g/mol. The summed E-state index contributed by atoms with van der Waals surface area (Å²) < 4.78 is 39.8. The Morgan fingerprint density at radius 3 is 2.25 bits per heavy atom. The van der Waals surface area contributed by atoms with E-state index in [-0.39, 0.29) is 12.5 Å². The maximum atomic E-state index is 13.1. The first-order chi connectivity index (χ1) is 13.3. The normalized spacial score (nSPS) is 14.9. The van der Waals surface area contributed by atoms with E-state index in [0.29, 0.717) is 22.0 Å². The molecule has 2 aromatic carbocycles. The lowest BCUT2D eigenvalue weighted by Crippen LogP contribution is -2.27. The molecule has 0 aliphatic carbocycles. The van der Waals surface area contributed by atoms with E-state index in [4.69, 9.17) is 11.6 Å². The Labute approximate surface area is 162 Å². The number of aromatic nitrogens is 3. The smallest absolute Gasteiger partial charge is 0.302 e. The monoisotopic (exact) mass is 404 g/mol. The molecule has 28 heavy (non-hydrogen) atoms. The molecule has 1 aliphatic rings. The summed E-state index contributed by atoms with van der Waals surface area (Å²) in [6.45, 7) is 0.182. The second-order valence-corrected chi connectivity index (χ2v) is 6.55. The zero-order chi connectivity index (χ0) is 19.9. The SMILES string of the molecule is O=C1C(n2cncn2)=C(c2ccc(Cl)cc2)CN1c1ccc(C(F)(F)F)cc1. The van der Waals surface area contributed by atoms with Crippen molar-refractivity contribution in [1.82, 2.24) is 14.8 Å². The van der Waals surface area contributed by atoms with E-state index in [1.165, 1.54) is 34.4 Å². The Morgan fingerprint density at radius 2 is 1.68 bits per heavy atom. The van der Waals surface area contributed by atoms with Crippen molar-refractivity contribution in [1.29, 1.82) is 0 Å². The molecule has 1 aliphatic heterocycles. The quantitative estimate of drug-likeness (QED) is 0.651. The number of rotatable bonds is 3. The largest absolute Gasteiger partial charge is 0.416 e. The fourth-order valence-corrected chi connectivity index (χ4v) is 3.17. The number of nitrogens with zero attached hydrogens (tertiary/aromatic N) is 4. The topological polar surface area (TPSA) is 51.0 Å². The van der Waals surface area contributed by atoms with Crippen molar-refractivity contribution in [3.05, 3.63) is 77.3 Å². The van der Waals surface area contributed by atoms with Crippen LogP contribution in [0.15, 0.2) is 61.2 Å². The predicted octanol–water partition coefficient (Wildman–Crippen LogP) is 4.37. The van der Waals surface area contributed by atoms with Crippen LogP contribution in [0.3, 0.4) is 0 Å². The second kappa shape index (κ2) is 6.79. The van der Waals surface area contributed by atoms with Crippen LogP contribution in [0.2, 0.25) is 5.02 Å². The summed E-state index contributed by atoms with van der Waals surface area (Å²) >= 11 is 5.95. The van der Waals surface area contributed by atoms with Gasteiger partial charge < -0.3 is 4.90 Å². The molecule has 0 unspecified atom stereocenters. The predicted molar refractivity (Wildman–Crippen MR) is 98.4 cm³/mol. The van der Waals surface area contributed by atoms with E-state index < -0.39 is 11.7 Å². The molecule has 5 nitrogen and oxygen atoms in total. The third kappa shape index (κ3) is 3.27. The van der Waals surface area contributed by atoms with Crippen molar-refractivity contribution < 1.29 is 18.0 Å². The number of carbonyl (C=O) groups is 1. The van der Waals surface area contributed by atoms with Gasteiger partial charge in [-0.3, -0.25) is 4.79 Å². The molecule has 0 N–H and O–H groups in total. The molecule has 0 saturated heterocycles. The van der Waals surface area contributed by atoms with Gasteiger partial charge in [-0.25, -0.2) is 9.67 Å². The van der Waals surface area contributed by atoms with Gasteiger partial charge >= 0.3 is 6.18 Å². The molecule has 0 spiro atoms. The summed E-state index contributed by atoms with van der Waals surface area (Å²) in [4.78, 5) is 18.4. The van der Waals surface area contributed by atoms with Crippen LogP contribution >= 0.6 is 11.6 Å². The van der Waals surface area contributed by atoms with Gasteiger partial charge in [0.1, 0.15) is 18.4 Å². The molecule has 3 aromatic rings. The van der Waals surface area contributed by atoms with Gasteiger partial charge in [0, 0.05) is 16.3 Å². The van der Waals surface area contributed by atoms with Gasteiger partial charge in [0.15, 0.2) is 0 Å². The van der Waals surface area contributed by atoms with Crippen molar-refractivity contribution in [2.24, 2.45) is 0 Å². The maximum Gasteiger partial charge on any atom is 0.416 e. The van der Waals surface area contributed by atoms with Crippen molar-refractivity contribution in [3.63, 3.8) is 0 Å². The first kappa shape index (κ1) is 18.2. The third-order valence-corrected chi connectivity index (χ3v) is 4.65. The van der Waals surface area contributed by atoms with Crippen LogP contribution < -0.4 is 4.90 Å². The number of hydrogen-bond acceptors (Lipinski definition) is 3. The molecule has 1 aromatic heterocycles. The minimum absolute atomic E-state index is 0.182. The van der Waals surface area contributed by atoms with E-state index in [2.05, 4.69) is 10.1 Å². The van der Waals surface area contributed by atoms with Gasteiger partial charge in [0.25, 0.3) is 5.91 Å². The number of carbonyl (C=O) groups excluding carboxylic acids is 1. The van der Waals surface area contributed by atoms with E-state index in [1.54, 1.807) is 24.3 Å².